The van der Waals surface area contributed by atoms with Crippen LogP contribution >= 0.6 is 23.2 Å². The minimum Gasteiger partial charge on any atom is -0.386 e. The lowest BCUT2D eigenvalue weighted by Gasteiger charge is -2.22. The zero-order valence-electron chi connectivity index (χ0n) is 10.2. The average molecular weight is 281 g/mol. The second-order valence-corrected chi connectivity index (χ2v) is 5.57. The van der Waals surface area contributed by atoms with Crippen molar-refractivity contribution < 1.29 is 5.11 Å². The molecule has 0 atom stereocenters. The van der Waals surface area contributed by atoms with Gasteiger partial charge in [-0.1, -0.05) is 53.5 Å². The summed E-state index contributed by atoms with van der Waals surface area (Å²) in [5.74, 6) is 0. The van der Waals surface area contributed by atoms with E-state index in [1.807, 2.05) is 30.3 Å². The first-order valence-electron chi connectivity index (χ1n) is 5.67. The van der Waals surface area contributed by atoms with Gasteiger partial charge in [-0.05, 0) is 37.1 Å². The molecule has 2 rings (SSSR count). The van der Waals surface area contributed by atoms with Gasteiger partial charge in [0.25, 0.3) is 0 Å². The molecule has 0 amide bonds. The smallest absolute Gasteiger partial charge is 0.0846 e. The Labute approximate surface area is 117 Å². The van der Waals surface area contributed by atoms with Crippen molar-refractivity contribution in [3.63, 3.8) is 0 Å². The second kappa shape index (κ2) is 4.93. The lowest BCUT2D eigenvalue weighted by atomic mass is 9.90. The Kier molecular flexibility index (Phi) is 3.67. The molecule has 0 heterocycles. The molecule has 0 unspecified atom stereocenters. The molecule has 0 aliphatic carbocycles. The summed E-state index contributed by atoms with van der Waals surface area (Å²) in [6.45, 7) is 3.52. The monoisotopic (exact) mass is 280 g/mol. The maximum absolute atomic E-state index is 10.2. The molecule has 0 bridgehead atoms. The van der Waals surface area contributed by atoms with Crippen LogP contribution < -0.4 is 0 Å². The molecule has 0 spiro atoms. The van der Waals surface area contributed by atoms with E-state index in [2.05, 4.69) is 0 Å². The molecule has 18 heavy (non-hydrogen) atoms. The summed E-state index contributed by atoms with van der Waals surface area (Å²) in [6.07, 6.45) is 0. The summed E-state index contributed by atoms with van der Waals surface area (Å²) in [5.41, 5.74) is 1.72. The van der Waals surface area contributed by atoms with Gasteiger partial charge < -0.3 is 5.11 Å². The Morgan fingerprint density at radius 2 is 1.61 bits per heavy atom. The Hall–Kier alpha value is -1.02. The van der Waals surface area contributed by atoms with Crippen LogP contribution in [0.4, 0.5) is 0 Å². The fourth-order valence-electron chi connectivity index (χ4n) is 1.96. The number of benzene rings is 2. The van der Waals surface area contributed by atoms with Gasteiger partial charge in [-0.15, -0.1) is 0 Å². The quantitative estimate of drug-likeness (QED) is 0.831. The number of hydrogen-bond donors (Lipinski definition) is 1. The zero-order valence-corrected chi connectivity index (χ0v) is 11.8. The molecule has 2 aromatic carbocycles. The maximum atomic E-state index is 10.2. The van der Waals surface area contributed by atoms with Crippen molar-refractivity contribution in [1.29, 1.82) is 0 Å². The summed E-state index contributed by atoms with van der Waals surface area (Å²) >= 11 is 12.1. The molecule has 0 fully saturated rings. The number of aliphatic hydroxyl groups is 1. The lowest BCUT2D eigenvalue weighted by molar-refractivity contribution is 0.0792. The third kappa shape index (κ3) is 2.69. The Morgan fingerprint density at radius 3 is 2.22 bits per heavy atom. The van der Waals surface area contributed by atoms with Gasteiger partial charge in [0.05, 0.1) is 5.60 Å². The Morgan fingerprint density at radius 1 is 0.944 bits per heavy atom. The predicted octanol–water partition coefficient (Wildman–Crippen LogP) is 4.89. The third-order valence-corrected chi connectivity index (χ3v) is 3.36. The minimum atomic E-state index is -0.917. The molecule has 0 aliphatic heterocycles. The first-order chi connectivity index (χ1) is 8.39. The summed E-state index contributed by atoms with van der Waals surface area (Å²) in [5, 5.41) is 11.4. The molecule has 94 valence electrons. The molecular weight excluding hydrogens is 267 g/mol. The standard InChI is InChI=1S/C15H14Cl2O/c1-15(2,18)13-6-4-3-5-11(13)12-8-7-10(16)9-14(12)17/h3-9,18H,1-2H3. The van der Waals surface area contributed by atoms with E-state index >= 15 is 0 Å². The van der Waals surface area contributed by atoms with Gasteiger partial charge in [-0.2, -0.15) is 0 Å². The maximum Gasteiger partial charge on any atom is 0.0846 e. The molecule has 2 aromatic rings. The highest BCUT2D eigenvalue weighted by molar-refractivity contribution is 6.36. The van der Waals surface area contributed by atoms with Crippen LogP contribution in [-0.2, 0) is 5.60 Å². The van der Waals surface area contributed by atoms with Crippen LogP contribution in [0.1, 0.15) is 19.4 Å². The molecule has 0 saturated heterocycles. The van der Waals surface area contributed by atoms with E-state index in [4.69, 9.17) is 23.2 Å². The largest absolute Gasteiger partial charge is 0.386 e. The van der Waals surface area contributed by atoms with E-state index in [9.17, 15) is 5.11 Å². The SMILES string of the molecule is CC(C)(O)c1ccccc1-c1ccc(Cl)cc1Cl. The predicted molar refractivity (Wildman–Crippen MR) is 77.1 cm³/mol. The zero-order chi connectivity index (χ0) is 13.3. The van der Waals surface area contributed by atoms with Gasteiger partial charge in [0.1, 0.15) is 0 Å². The fraction of sp³-hybridized carbons (Fsp3) is 0.200. The Balaban J connectivity index is 2.64. The summed E-state index contributed by atoms with van der Waals surface area (Å²) < 4.78 is 0. The number of halogens is 2. The van der Waals surface area contributed by atoms with Crippen molar-refractivity contribution in [3.8, 4) is 11.1 Å². The normalized spacial score (nSPS) is 11.6. The van der Waals surface area contributed by atoms with Crippen molar-refractivity contribution in [1.82, 2.24) is 0 Å². The topological polar surface area (TPSA) is 20.2 Å². The van der Waals surface area contributed by atoms with E-state index in [-0.39, 0.29) is 0 Å². The molecular formula is C15H14Cl2O. The van der Waals surface area contributed by atoms with Gasteiger partial charge in [-0.25, -0.2) is 0 Å². The molecule has 0 aromatic heterocycles. The molecule has 1 N–H and O–H groups in total. The van der Waals surface area contributed by atoms with Crippen LogP contribution in [0, 0.1) is 0 Å². The lowest BCUT2D eigenvalue weighted by Crippen LogP contribution is -2.16. The molecule has 0 aliphatic rings. The molecule has 3 heteroatoms. The van der Waals surface area contributed by atoms with Crippen LogP contribution in [0.5, 0.6) is 0 Å². The number of rotatable bonds is 2. The van der Waals surface area contributed by atoms with Crippen LogP contribution in [0.2, 0.25) is 10.0 Å². The first-order valence-corrected chi connectivity index (χ1v) is 6.42. The van der Waals surface area contributed by atoms with E-state index < -0.39 is 5.60 Å². The van der Waals surface area contributed by atoms with Crippen LogP contribution in [0.3, 0.4) is 0 Å². The summed E-state index contributed by atoms with van der Waals surface area (Å²) in [6, 6.07) is 13.1. The average Bonchev–Trinajstić information content (AvgIpc) is 2.28. The molecule has 0 radical (unpaired) electrons. The highest BCUT2D eigenvalue weighted by atomic mass is 35.5. The van der Waals surface area contributed by atoms with Crippen molar-refractivity contribution in [2.45, 2.75) is 19.4 Å². The third-order valence-electron chi connectivity index (χ3n) is 2.81. The van der Waals surface area contributed by atoms with E-state index in [0.29, 0.717) is 10.0 Å². The first kappa shape index (κ1) is 13.4. The summed E-state index contributed by atoms with van der Waals surface area (Å²) in [7, 11) is 0. The highest BCUT2D eigenvalue weighted by Crippen LogP contribution is 2.36. The molecule has 0 saturated carbocycles. The van der Waals surface area contributed by atoms with Crippen molar-refractivity contribution in [2.24, 2.45) is 0 Å². The molecule has 1 nitrogen and oxygen atoms in total. The van der Waals surface area contributed by atoms with Crippen molar-refractivity contribution in [3.05, 3.63) is 58.1 Å². The Bertz CT molecular complexity index is 571. The van der Waals surface area contributed by atoms with Crippen molar-refractivity contribution in [2.75, 3.05) is 0 Å². The van der Waals surface area contributed by atoms with Gasteiger partial charge in [0.2, 0.25) is 0 Å². The number of hydrogen-bond acceptors (Lipinski definition) is 1. The van der Waals surface area contributed by atoms with Crippen molar-refractivity contribution >= 4 is 23.2 Å². The summed E-state index contributed by atoms with van der Waals surface area (Å²) in [4.78, 5) is 0. The van der Waals surface area contributed by atoms with Crippen LogP contribution in [0.15, 0.2) is 42.5 Å². The minimum absolute atomic E-state index is 0.583. The van der Waals surface area contributed by atoms with E-state index in [0.717, 1.165) is 16.7 Å². The second-order valence-electron chi connectivity index (χ2n) is 4.73. The van der Waals surface area contributed by atoms with E-state index in [1.54, 1.807) is 26.0 Å². The highest BCUT2D eigenvalue weighted by Gasteiger charge is 2.21. The van der Waals surface area contributed by atoms with Gasteiger partial charge in [0, 0.05) is 15.6 Å². The van der Waals surface area contributed by atoms with Gasteiger partial charge in [-0.3, -0.25) is 0 Å². The van der Waals surface area contributed by atoms with Crippen LogP contribution in [-0.4, -0.2) is 5.11 Å². The van der Waals surface area contributed by atoms with Gasteiger partial charge >= 0.3 is 0 Å². The van der Waals surface area contributed by atoms with E-state index in [1.165, 1.54) is 0 Å². The van der Waals surface area contributed by atoms with Crippen LogP contribution in [0.25, 0.3) is 11.1 Å². The fourth-order valence-corrected chi connectivity index (χ4v) is 2.47. The van der Waals surface area contributed by atoms with Gasteiger partial charge in [0.15, 0.2) is 0 Å².